The van der Waals surface area contributed by atoms with E-state index in [2.05, 4.69) is 28.5 Å². The Morgan fingerprint density at radius 2 is 1.49 bits per heavy atom. The summed E-state index contributed by atoms with van der Waals surface area (Å²) in [5.74, 6) is -2.32. The number of amides is 5. The molecule has 432 valence electrons. The number of nitrogens with one attached hydrogen (secondary N) is 2. The highest BCUT2D eigenvalue weighted by atomic mass is 32.2. The van der Waals surface area contributed by atoms with E-state index in [-0.39, 0.29) is 87.1 Å². The van der Waals surface area contributed by atoms with Crippen molar-refractivity contribution in [2.24, 2.45) is 5.41 Å². The van der Waals surface area contributed by atoms with Crippen molar-refractivity contribution in [2.75, 3.05) is 86.3 Å². The van der Waals surface area contributed by atoms with Gasteiger partial charge in [0.1, 0.15) is 24.4 Å². The standard InChI is InChI=1S/C57H68F3N5O13S2/c1-37-18-29-79-50(37)40-13-10-38(11-14-40)34-62-52(68)44-33-42(66)35-65(44)54(70)51(56(2,3)4)63-49(67)36-77-28-27-76-26-24-74-21-9-7-8-20-73-23-25-75-22-19-64-53(69)48(80-55(64)71)31-39-12-16-46(47(30-39)72-6)78-45-17-15-41(61-5)32-43(45)57(58,59)60/h10-18,29-32,42,44,51,66H,7-9,19-28,33-36H2,1-4,6H3,(H,62,68)(H,63,67)/b48-31-/t42-,44+,51-/m1/s1. The Morgan fingerprint density at radius 1 is 0.838 bits per heavy atom. The third-order valence-corrected chi connectivity index (χ3v) is 14.7. The van der Waals surface area contributed by atoms with Crippen LogP contribution in [0.1, 0.15) is 68.7 Å². The van der Waals surface area contributed by atoms with Crippen molar-refractivity contribution in [1.29, 1.82) is 0 Å². The average Bonchev–Trinajstić information content (AvgIpc) is 4.19. The molecular formula is C57H68F3N5O13S2. The lowest BCUT2D eigenvalue weighted by Crippen LogP contribution is -2.58. The maximum absolute atomic E-state index is 13.9. The molecule has 80 heavy (non-hydrogen) atoms. The molecule has 0 spiro atoms. The lowest BCUT2D eigenvalue weighted by molar-refractivity contribution is -0.144. The maximum Gasteiger partial charge on any atom is 0.418 e. The van der Waals surface area contributed by atoms with Gasteiger partial charge in [-0.2, -0.15) is 13.2 Å². The Kier molecular flexibility index (Phi) is 23.9. The smallest absolute Gasteiger partial charge is 0.418 e. The summed E-state index contributed by atoms with van der Waals surface area (Å²) in [6.45, 7) is 17.3. The number of rotatable bonds is 30. The van der Waals surface area contributed by atoms with Gasteiger partial charge in [-0.05, 0) is 107 Å². The molecule has 18 nitrogen and oxygen atoms in total. The maximum atomic E-state index is 13.9. The first-order valence-electron chi connectivity index (χ1n) is 26.0. The lowest BCUT2D eigenvalue weighted by Gasteiger charge is -2.35. The second-order valence-electron chi connectivity index (χ2n) is 19.8. The first kappa shape index (κ1) is 62.8. The van der Waals surface area contributed by atoms with Gasteiger partial charge in [-0.3, -0.25) is 28.9 Å². The van der Waals surface area contributed by atoms with Crippen LogP contribution in [0.15, 0.2) is 77.0 Å². The fraction of sp³-hybridized carbons (Fsp3) is 0.474. The van der Waals surface area contributed by atoms with Gasteiger partial charge in [0.2, 0.25) is 17.7 Å². The van der Waals surface area contributed by atoms with Crippen LogP contribution in [-0.4, -0.2) is 148 Å². The fourth-order valence-corrected chi connectivity index (χ4v) is 10.3. The number of carbonyl (C=O) groups excluding carboxylic acids is 5. The molecule has 3 atom stereocenters. The topological polar surface area (TPSA) is 205 Å². The van der Waals surface area contributed by atoms with Crippen LogP contribution < -0.4 is 20.1 Å². The summed E-state index contributed by atoms with van der Waals surface area (Å²) in [6.07, 6.45) is -1.60. The van der Waals surface area contributed by atoms with Crippen LogP contribution >= 0.6 is 23.1 Å². The zero-order valence-electron chi connectivity index (χ0n) is 45.4. The van der Waals surface area contributed by atoms with Gasteiger partial charge in [0.05, 0.1) is 83.0 Å². The first-order valence-corrected chi connectivity index (χ1v) is 27.7. The van der Waals surface area contributed by atoms with E-state index in [1.54, 1.807) is 11.3 Å². The van der Waals surface area contributed by atoms with Crippen LogP contribution in [0.3, 0.4) is 0 Å². The molecule has 0 aliphatic carbocycles. The number of β-amino-alcohol motifs (C(OH)–C–C–N with tert-alkyl or cyclic N) is 1. The number of ether oxygens (including phenoxy) is 7. The Hall–Kier alpha value is -6.36. The van der Waals surface area contributed by atoms with Gasteiger partial charge in [-0.1, -0.05) is 57.2 Å². The van der Waals surface area contributed by atoms with Gasteiger partial charge >= 0.3 is 6.18 Å². The number of alkyl halides is 3. The summed E-state index contributed by atoms with van der Waals surface area (Å²) in [5.41, 5.74) is 1.61. The first-order chi connectivity index (χ1) is 38.3. The predicted octanol–water partition coefficient (Wildman–Crippen LogP) is 9.19. The zero-order chi connectivity index (χ0) is 57.8. The van der Waals surface area contributed by atoms with E-state index in [0.717, 1.165) is 53.1 Å². The SMILES string of the molecule is [C-]#[N+]c1ccc(Oc2ccc(/C=C3\SC(=O)N(CCOCCOCCCCCOCCOCCOCC(=O)N[C@H](C(=O)N4C[C@H](O)C[C@H]4C(=O)NCc4ccc(-c5sccc5C)cc4)C(C)(C)C)C3=O)cc2OC)c(C(F)(F)F)c1. The number of carbonyl (C=O) groups is 5. The van der Waals surface area contributed by atoms with Gasteiger partial charge in [-0.15, -0.1) is 11.3 Å². The molecule has 2 fully saturated rings. The van der Waals surface area contributed by atoms with Gasteiger partial charge in [0, 0.05) is 37.6 Å². The number of halogens is 3. The summed E-state index contributed by atoms with van der Waals surface area (Å²) < 4.78 is 79.9. The molecule has 5 amide bonds. The van der Waals surface area contributed by atoms with Crippen LogP contribution in [0, 0.1) is 18.9 Å². The molecule has 3 N–H and O–H groups in total. The largest absolute Gasteiger partial charge is 0.493 e. The minimum absolute atomic E-state index is 0.0273. The summed E-state index contributed by atoms with van der Waals surface area (Å²) in [7, 11) is 1.31. The fourth-order valence-electron chi connectivity index (χ4n) is 8.46. The number of aliphatic hydroxyl groups excluding tert-OH is 1. The van der Waals surface area contributed by atoms with Crippen molar-refractivity contribution in [3.63, 3.8) is 0 Å². The number of likely N-dealkylation sites (tertiary alicyclic amines) is 1. The molecule has 3 heterocycles. The number of imide groups is 1. The van der Waals surface area contributed by atoms with E-state index in [9.17, 15) is 42.3 Å². The summed E-state index contributed by atoms with van der Waals surface area (Å²) >= 11 is 2.42. The van der Waals surface area contributed by atoms with E-state index in [4.69, 9.17) is 39.7 Å². The molecule has 0 bridgehead atoms. The molecule has 2 aliphatic rings. The van der Waals surface area contributed by atoms with Crippen LogP contribution in [0.5, 0.6) is 17.2 Å². The Balaban J connectivity index is 0.764. The second kappa shape index (κ2) is 30.5. The van der Waals surface area contributed by atoms with E-state index >= 15 is 0 Å². The summed E-state index contributed by atoms with van der Waals surface area (Å²) in [4.78, 5) is 72.9. The zero-order valence-corrected chi connectivity index (χ0v) is 47.0. The molecular weight excluding hydrogens is 1080 g/mol. The van der Waals surface area contributed by atoms with E-state index in [1.165, 1.54) is 52.8 Å². The number of aliphatic hydroxyl groups is 1. The molecule has 1 aromatic heterocycles. The third kappa shape index (κ3) is 18.6. The van der Waals surface area contributed by atoms with Crippen molar-refractivity contribution >= 4 is 63.7 Å². The van der Waals surface area contributed by atoms with Gasteiger partial charge in [0.15, 0.2) is 17.2 Å². The molecule has 0 saturated carbocycles. The minimum atomic E-state index is -4.77. The number of nitrogens with zero attached hydrogens (tertiary/aromatic N) is 3. The van der Waals surface area contributed by atoms with Crippen molar-refractivity contribution in [3.05, 3.63) is 111 Å². The number of aryl methyl sites for hydroxylation is 1. The highest BCUT2D eigenvalue weighted by molar-refractivity contribution is 8.18. The number of hydrogen-bond acceptors (Lipinski definition) is 15. The quantitative estimate of drug-likeness (QED) is 0.0253. The highest BCUT2D eigenvalue weighted by Gasteiger charge is 2.44. The molecule has 3 aromatic carbocycles. The normalized spacial score (nSPS) is 16.5. The number of hydrogen-bond donors (Lipinski definition) is 3. The molecule has 2 aliphatic heterocycles. The third-order valence-electron chi connectivity index (χ3n) is 12.7. The Bertz CT molecular complexity index is 2820. The summed E-state index contributed by atoms with van der Waals surface area (Å²) in [5, 5.41) is 17.8. The van der Waals surface area contributed by atoms with E-state index in [0.29, 0.717) is 44.7 Å². The molecule has 23 heteroatoms. The number of thiophene rings is 1. The van der Waals surface area contributed by atoms with Crippen molar-refractivity contribution in [3.8, 4) is 27.7 Å². The van der Waals surface area contributed by atoms with Crippen molar-refractivity contribution in [2.45, 2.75) is 84.3 Å². The van der Waals surface area contributed by atoms with Crippen molar-refractivity contribution in [1.82, 2.24) is 20.4 Å². The predicted molar refractivity (Wildman–Crippen MR) is 295 cm³/mol. The lowest BCUT2D eigenvalue weighted by atomic mass is 9.85. The average molecular weight is 1150 g/mol. The second-order valence-corrected chi connectivity index (χ2v) is 21.7. The van der Waals surface area contributed by atoms with Crippen molar-refractivity contribution < 1.29 is 75.4 Å². The number of unbranched alkanes of at least 4 members (excludes halogenated alkanes) is 2. The Labute approximate surface area is 472 Å². The Morgan fingerprint density at radius 3 is 2.11 bits per heavy atom. The van der Waals surface area contributed by atoms with Crippen LogP contribution in [-0.2, 0) is 55.6 Å². The molecule has 0 unspecified atom stereocenters. The van der Waals surface area contributed by atoms with Crippen LogP contribution in [0.4, 0.5) is 23.7 Å². The van der Waals surface area contributed by atoms with Crippen LogP contribution in [0.2, 0.25) is 0 Å². The van der Waals surface area contributed by atoms with Gasteiger partial charge < -0.3 is 53.8 Å². The number of methoxy groups -OCH3 is 1. The molecule has 6 rings (SSSR count). The minimum Gasteiger partial charge on any atom is -0.493 e. The molecule has 0 radical (unpaired) electrons. The van der Waals surface area contributed by atoms with Crippen LogP contribution in [0.25, 0.3) is 21.4 Å². The summed E-state index contributed by atoms with van der Waals surface area (Å²) in [6, 6.07) is 15.5. The highest BCUT2D eigenvalue weighted by Crippen LogP contribution is 2.43. The molecule has 4 aromatic rings. The van der Waals surface area contributed by atoms with Gasteiger partial charge in [-0.25, -0.2) is 4.85 Å². The van der Waals surface area contributed by atoms with E-state index < -0.39 is 64.1 Å². The van der Waals surface area contributed by atoms with E-state index in [1.807, 2.05) is 50.4 Å². The van der Waals surface area contributed by atoms with Gasteiger partial charge in [0.25, 0.3) is 11.1 Å². The molecule has 2 saturated heterocycles. The number of thioether (sulfide) groups is 1. The monoisotopic (exact) mass is 1150 g/mol. The number of benzene rings is 3.